The van der Waals surface area contributed by atoms with E-state index in [2.05, 4.69) is 15.3 Å². The molecule has 3 rings (SSSR count). The van der Waals surface area contributed by atoms with E-state index in [-0.39, 0.29) is 10.7 Å². The van der Waals surface area contributed by atoms with Crippen molar-refractivity contribution in [3.05, 3.63) is 23.1 Å². The lowest BCUT2D eigenvalue weighted by Crippen LogP contribution is -2.52. The molecule has 130 valence electrons. The van der Waals surface area contributed by atoms with Crippen LogP contribution in [0.15, 0.2) is 6.07 Å². The van der Waals surface area contributed by atoms with E-state index in [0.717, 1.165) is 22.6 Å². The second kappa shape index (κ2) is 5.84. The lowest BCUT2D eigenvalue weighted by atomic mass is 10.1. The van der Waals surface area contributed by atoms with Gasteiger partial charge in [0.2, 0.25) is 0 Å². The van der Waals surface area contributed by atoms with E-state index in [9.17, 15) is 9.00 Å². The lowest BCUT2D eigenvalue weighted by Gasteiger charge is -2.36. The SMILES string of the molecule is Cc1nn(C)c(C)c1-c1cc(C(=O)N2CC[S@@](=O)C(C)(C)C2)[nH]n1. The Morgan fingerprint density at radius 1 is 1.38 bits per heavy atom. The number of hydrogen-bond acceptors (Lipinski definition) is 4. The number of nitrogens with zero attached hydrogens (tertiary/aromatic N) is 4. The molecule has 3 heterocycles. The zero-order chi connectivity index (χ0) is 17.6. The van der Waals surface area contributed by atoms with Gasteiger partial charge < -0.3 is 4.90 Å². The van der Waals surface area contributed by atoms with Gasteiger partial charge in [-0.15, -0.1) is 0 Å². The van der Waals surface area contributed by atoms with Gasteiger partial charge in [-0.05, 0) is 33.8 Å². The summed E-state index contributed by atoms with van der Waals surface area (Å²) in [5.74, 6) is 0.415. The van der Waals surface area contributed by atoms with Gasteiger partial charge in [-0.3, -0.25) is 18.8 Å². The molecule has 0 bridgehead atoms. The molecular formula is C16H23N5O2S. The van der Waals surface area contributed by atoms with Crippen molar-refractivity contribution in [2.45, 2.75) is 32.4 Å². The number of H-pyrrole nitrogens is 1. The normalized spacial score (nSPS) is 20.4. The molecule has 1 aliphatic rings. The molecule has 1 fully saturated rings. The number of aryl methyl sites for hydroxylation is 2. The molecule has 2 aromatic rings. The maximum absolute atomic E-state index is 12.7. The summed E-state index contributed by atoms with van der Waals surface area (Å²) in [5, 5.41) is 11.5. The van der Waals surface area contributed by atoms with Crippen LogP contribution in [-0.4, -0.2) is 58.6 Å². The maximum atomic E-state index is 12.7. The quantitative estimate of drug-likeness (QED) is 0.888. The van der Waals surface area contributed by atoms with Crippen LogP contribution in [0.25, 0.3) is 11.3 Å². The predicted molar refractivity (Wildman–Crippen MR) is 93.3 cm³/mol. The first-order chi connectivity index (χ1) is 11.2. The summed E-state index contributed by atoms with van der Waals surface area (Å²) >= 11 is 0. The van der Waals surface area contributed by atoms with E-state index in [4.69, 9.17) is 0 Å². The van der Waals surface area contributed by atoms with Crippen LogP contribution >= 0.6 is 0 Å². The summed E-state index contributed by atoms with van der Waals surface area (Å²) in [6.45, 7) is 8.77. The van der Waals surface area contributed by atoms with Crippen molar-refractivity contribution < 1.29 is 9.00 Å². The Labute approximate surface area is 143 Å². The van der Waals surface area contributed by atoms with Crippen LogP contribution in [0.4, 0.5) is 0 Å². The van der Waals surface area contributed by atoms with Crippen molar-refractivity contribution in [2.24, 2.45) is 7.05 Å². The van der Waals surface area contributed by atoms with Gasteiger partial charge in [0.05, 0.1) is 16.1 Å². The standard InChI is InChI=1S/C16H23N5O2S/c1-10-14(11(2)20(5)19-10)12-8-13(18-17-12)15(22)21-6-7-24(23)16(3,4)9-21/h8H,6-7,9H2,1-5H3,(H,17,18)/t24-/m1/s1. The number of amides is 1. The third-order valence-corrected chi connectivity index (χ3v) is 6.51. The Hall–Kier alpha value is -1.96. The second-order valence-electron chi connectivity index (χ2n) is 6.87. The molecule has 0 unspecified atom stereocenters. The number of carbonyl (C=O) groups is 1. The van der Waals surface area contributed by atoms with E-state index in [1.54, 1.807) is 11.0 Å². The average Bonchev–Trinajstić information content (AvgIpc) is 3.07. The lowest BCUT2D eigenvalue weighted by molar-refractivity contribution is 0.0740. The highest BCUT2D eigenvalue weighted by Gasteiger charge is 2.36. The fourth-order valence-electron chi connectivity index (χ4n) is 3.13. The third kappa shape index (κ3) is 2.79. The average molecular weight is 349 g/mol. The summed E-state index contributed by atoms with van der Waals surface area (Å²) in [6.07, 6.45) is 0. The molecule has 1 N–H and O–H groups in total. The van der Waals surface area contributed by atoms with Gasteiger partial charge in [-0.2, -0.15) is 10.2 Å². The maximum Gasteiger partial charge on any atom is 0.271 e. The minimum atomic E-state index is -0.903. The molecule has 0 aliphatic carbocycles. The topological polar surface area (TPSA) is 83.9 Å². The Balaban J connectivity index is 1.86. The van der Waals surface area contributed by atoms with Gasteiger partial charge in [0, 0.05) is 47.9 Å². The van der Waals surface area contributed by atoms with Crippen LogP contribution in [0, 0.1) is 13.8 Å². The molecule has 0 radical (unpaired) electrons. The van der Waals surface area contributed by atoms with Crippen LogP contribution in [0.3, 0.4) is 0 Å². The molecule has 0 saturated carbocycles. The number of hydrogen-bond donors (Lipinski definition) is 1. The summed E-state index contributed by atoms with van der Waals surface area (Å²) in [6, 6.07) is 1.78. The molecule has 1 aliphatic heterocycles. The number of aromatic nitrogens is 4. The fraction of sp³-hybridized carbons (Fsp3) is 0.562. The molecule has 24 heavy (non-hydrogen) atoms. The molecular weight excluding hydrogens is 326 g/mol. The van der Waals surface area contributed by atoms with Crippen molar-refractivity contribution in [3.63, 3.8) is 0 Å². The molecule has 1 saturated heterocycles. The summed E-state index contributed by atoms with van der Waals surface area (Å²) in [5.41, 5.74) is 4.02. The monoisotopic (exact) mass is 349 g/mol. The summed E-state index contributed by atoms with van der Waals surface area (Å²) < 4.78 is 13.5. The van der Waals surface area contributed by atoms with E-state index >= 15 is 0 Å². The van der Waals surface area contributed by atoms with Crippen LogP contribution in [0.5, 0.6) is 0 Å². The van der Waals surface area contributed by atoms with Gasteiger partial charge in [-0.25, -0.2) is 0 Å². The molecule has 2 aromatic heterocycles. The fourth-order valence-corrected chi connectivity index (χ4v) is 4.37. The van der Waals surface area contributed by atoms with E-state index < -0.39 is 10.8 Å². The Morgan fingerprint density at radius 2 is 2.08 bits per heavy atom. The van der Waals surface area contributed by atoms with Crippen LogP contribution in [-0.2, 0) is 17.8 Å². The minimum Gasteiger partial charge on any atom is -0.335 e. The van der Waals surface area contributed by atoms with E-state index in [0.29, 0.717) is 24.5 Å². The Kier molecular flexibility index (Phi) is 4.11. The predicted octanol–water partition coefficient (Wildman–Crippen LogP) is 1.41. The van der Waals surface area contributed by atoms with E-state index in [1.807, 2.05) is 39.4 Å². The molecule has 8 heteroatoms. The van der Waals surface area contributed by atoms with Gasteiger partial charge in [0.1, 0.15) is 5.69 Å². The number of nitrogens with one attached hydrogen (secondary N) is 1. The summed E-state index contributed by atoms with van der Waals surface area (Å²) in [4.78, 5) is 14.5. The number of aromatic amines is 1. The largest absolute Gasteiger partial charge is 0.335 e. The zero-order valence-electron chi connectivity index (χ0n) is 14.7. The van der Waals surface area contributed by atoms with Crippen molar-refractivity contribution in [1.29, 1.82) is 0 Å². The van der Waals surface area contributed by atoms with Crippen molar-refractivity contribution in [2.75, 3.05) is 18.8 Å². The Bertz CT molecular complexity index is 821. The van der Waals surface area contributed by atoms with Gasteiger partial charge in [-0.1, -0.05) is 0 Å². The third-order valence-electron chi connectivity index (χ3n) is 4.60. The van der Waals surface area contributed by atoms with Crippen molar-refractivity contribution in [3.8, 4) is 11.3 Å². The van der Waals surface area contributed by atoms with Crippen molar-refractivity contribution in [1.82, 2.24) is 24.9 Å². The first-order valence-electron chi connectivity index (χ1n) is 7.94. The van der Waals surface area contributed by atoms with Gasteiger partial charge in [0.15, 0.2) is 0 Å². The molecule has 0 aromatic carbocycles. The van der Waals surface area contributed by atoms with Crippen LogP contribution in [0.2, 0.25) is 0 Å². The molecule has 1 amide bonds. The highest BCUT2D eigenvalue weighted by molar-refractivity contribution is 7.86. The Morgan fingerprint density at radius 3 is 2.67 bits per heavy atom. The molecule has 0 spiro atoms. The first-order valence-corrected chi connectivity index (χ1v) is 9.26. The molecule has 1 atom stereocenters. The van der Waals surface area contributed by atoms with Crippen LogP contribution < -0.4 is 0 Å². The van der Waals surface area contributed by atoms with Crippen LogP contribution in [0.1, 0.15) is 35.7 Å². The highest BCUT2D eigenvalue weighted by Crippen LogP contribution is 2.26. The van der Waals surface area contributed by atoms with E-state index in [1.165, 1.54) is 0 Å². The zero-order valence-corrected chi connectivity index (χ0v) is 15.5. The number of carbonyl (C=O) groups excluding carboxylic acids is 1. The second-order valence-corrected chi connectivity index (χ2v) is 9.08. The van der Waals surface area contributed by atoms with Crippen molar-refractivity contribution >= 4 is 16.7 Å². The highest BCUT2D eigenvalue weighted by atomic mass is 32.2. The molecule has 7 nitrogen and oxygen atoms in total. The minimum absolute atomic E-state index is 0.0993. The van der Waals surface area contributed by atoms with Gasteiger partial charge in [0.25, 0.3) is 5.91 Å². The summed E-state index contributed by atoms with van der Waals surface area (Å²) in [7, 11) is 0.987. The smallest absolute Gasteiger partial charge is 0.271 e. The first kappa shape index (κ1) is 16.9. The number of rotatable bonds is 2. The van der Waals surface area contributed by atoms with Gasteiger partial charge >= 0.3 is 0 Å².